The summed E-state index contributed by atoms with van der Waals surface area (Å²) in [5.74, 6) is 1.61. The van der Waals surface area contributed by atoms with Crippen molar-refractivity contribution < 1.29 is 9.47 Å². The third kappa shape index (κ3) is 3.51. The van der Waals surface area contributed by atoms with Crippen molar-refractivity contribution >= 4 is 22.0 Å². The Hall–Kier alpha value is -1.00. The van der Waals surface area contributed by atoms with Crippen LogP contribution in [0.2, 0.25) is 0 Å². The molecule has 1 atom stereocenters. The molecule has 0 aromatic heterocycles. The van der Waals surface area contributed by atoms with Crippen LogP contribution in [0.5, 0.6) is 11.5 Å². The van der Waals surface area contributed by atoms with Crippen LogP contribution in [0.25, 0.3) is 6.08 Å². The molecule has 0 saturated heterocycles. The minimum Gasteiger partial charge on any atom is -0.454 e. The molecule has 1 N–H and O–H groups in total. The number of fused-ring (bicyclic) bond motifs is 1. The second-order valence-corrected chi connectivity index (χ2v) is 5.66. The summed E-state index contributed by atoms with van der Waals surface area (Å²) in [7, 11) is 0. The molecule has 19 heavy (non-hydrogen) atoms. The molecule has 0 bridgehead atoms. The summed E-state index contributed by atoms with van der Waals surface area (Å²) in [6, 6.07) is 4.45. The van der Waals surface area contributed by atoms with Gasteiger partial charge in [0.25, 0.3) is 0 Å². The lowest BCUT2D eigenvalue weighted by Crippen LogP contribution is -2.27. The number of nitrogens with one attached hydrogen (secondary N) is 1. The molecule has 2 rings (SSSR count). The molecule has 1 aromatic carbocycles. The van der Waals surface area contributed by atoms with Gasteiger partial charge in [-0.2, -0.15) is 0 Å². The number of halogens is 1. The number of benzene rings is 1. The predicted molar refractivity (Wildman–Crippen MR) is 81.7 cm³/mol. The quantitative estimate of drug-likeness (QED) is 0.888. The molecule has 0 aliphatic carbocycles. The Morgan fingerprint density at radius 1 is 1.47 bits per heavy atom. The summed E-state index contributed by atoms with van der Waals surface area (Å²) in [6.07, 6.45) is 3.33. The van der Waals surface area contributed by atoms with Crippen molar-refractivity contribution in [2.24, 2.45) is 0 Å². The Labute approximate surface area is 123 Å². The number of rotatable bonds is 5. The van der Waals surface area contributed by atoms with Crippen molar-refractivity contribution in [1.29, 1.82) is 0 Å². The van der Waals surface area contributed by atoms with Crippen LogP contribution in [0.3, 0.4) is 0 Å². The molecule has 0 fully saturated rings. The molecule has 104 valence electrons. The second kappa shape index (κ2) is 6.44. The highest BCUT2D eigenvalue weighted by atomic mass is 79.9. The monoisotopic (exact) mass is 325 g/mol. The van der Waals surface area contributed by atoms with E-state index in [2.05, 4.69) is 54.2 Å². The predicted octanol–water partition coefficient (Wildman–Crippen LogP) is 3.97. The summed E-state index contributed by atoms with van der Waals surface area (Å²) in [5.41, 5.74) is 2.43. The first-order valence-electron chi connectivity index (χ1n) is 6.62. The fraction of sp³-hybridized carbons (Fsp3) is 0.467. The third-order valence-corrected chi connectivity index (χ3v) is 3.82. The molecule has 0 amide bonds. The molecule has 0 radical (unpaired) electrons. The minimum absolute atomic E-state index is 0.300. The summed E-state index contributed by atoms with van der Waals surface area (Å²) >= 11 is 3.52. The number of hydrogen-bond donors (Lipinski definition) is 1. The standard InChI is InChI=1S/C15H20BrNO2/c1-4-5-17-11(3)10(2)6-12-7-13(16)15-14(8-12)18-9-19-15/h6-8,11,17H,4-5,9H2,1-3H3/b10-6+. The molecule has 0 saturated carbocycles. The van der Waals surface area contributed by atoms with E-state index in [1.165, 1.54) is 5.57 Å². The van der Waals surface area contributed by atoms with E-state index in [0.29, 0.717) is 12.8 Å². The number of ether oxygens (including phenoxy) is 2. The maximum atomic E-state index is 5.43. The maximum absolute atomic E-state index is 5.43. The lowest BCUT2D eigenvalue weighted by Gasteiger charge is -2.14. The molecule has 1 unspecified atom stereocenters. The van der Waals surface area contributed by atoms with Crippen LogP contribution in [0.1, 0.15) is 32.8 Å². The molecule has 4 heteroatoms. The molecule has 1 aliphatic heterocycles. The van der Waals surface area contributed by atoms with Gasteiger partial charge in [-0.15, -0.1) is 0 Å². The van der Waals surface area contributed by atoms with Crippen LogP contribution >= 0.6 is 15.9 Å². The summed E-state index contributed by atoms with van der Waals surface area (Å²) < 4.78 is 11.8. The van der Waals surface area contributed by atoms with Crippen molar-refractivity contribution in [2.75, 3.05) is 13.3 Å². The van der Waals surface area contributed by atoms with Crippen LogP contribution in [-0.2, 0) is 0 Å². The average molecular weight is 326 g/mol. The molecular formula is C15H20BrNO2. The van der Waals surface area contributed by atoms with E-state index in [1.807, 2.05) is 6.07 Å². The summed E-state index contributed by atoms with van der Waals surface area (Å²) in [6.45, 7) is 7.84. The van der Waals surface area contributed by atoms with Crippen LogP contribution in [-0.4, -0.2) is 19.4 Å². The molecule has 1 aromatic rings. The normalized spacial score (nSPS) is 15.7. The minimum atomic E-state index is 0.300. The Kier molecular flexibility index (Phi) is 4.88. The Morgan fingerprint density at radius 3 is 3.00 bits per heavy atom. The molecule has 1 heterocycles. The summed E-state index contributed by atoms with van der Waals surface area (Å²) in [5, 5.41) is 3.48. The van der Waals surface area contributed by atoms with Crippen LogP contribution in [0, 0.1) is 0 Å². The van der Waals surface area contributed by atoms with Gasteiger partial charge in [0.2, 0.25) is 6.79 Å². The fourth-order valence-corrected chi connectivity index (χ4v) is 2.55. The largest absolute Gasteiger partial charge is 0.454 e. The van der Waals surface area contributed by atoms with Gasteiger partial charge < -0.3 is 14.8 Å². The van der Waals surface area contributed by atoms with Gasteiger partial charge in [-0.1, -0.05) is 18.6 Å². The van der Waals surface area contributed by atoms with Crippen molar-refractivity contribution in [3.63, 3.8) is 0 Å². The maximum Gasteiger partial charge on any atom is 0.231 e. The zero-order chi connectivity index (χ0) is 13.8. The zero-order valence-electron chi connectivity index (χ0n) is 11.6. The zero-order valence-corrected chi connectivity index (χ0v) is 13.2. The first kappa shape index (κ1) is 14.4. The van der Waals surface area contributed by atoms with E-state index in [0.717, 1.165) is 34.5 Å². The first-order chi connectivity index (χ1) is 9.11. The van der Waals surface area contributed by atoms with Crippen molar-refractivity contribution in [3.8, 4) is 11.5 Å². The SMILES string of the molecule is CCCNC(C)/C(C)=C/c1cc(Br)c2c(c1)OCO2. The first-order valence-corrected chi connectivity index (χ1v) is 7.41. The third-order valence-electron chi connectivity index (χ3n) is 3.23. The lowest BCUT2D eigenvalue weighted by molar-refractivity contribution is 0.173. The lowest BCUT2D eigenvalue weighted by atomic mass is 10.1. The van der Waals surface area contributed by atoms with Gasteiger partial charge in [0, 0.05) is 6.04 Å². The van der Waals surface area contributed by atoms with Crippen LogP contribution in [0.15, 0.2) is 22.2 Å². The second-order valence-electron chi connectivity index (χ2n) is 4.80. The average Bonchev–Trinajstić information content (AvgIpc) is 2.84. The van der Waals surface area contributed by atoms with E-state index >= 15 is 0 Å². The topological polar surface area (TPSA) is 30.5 Å². The van der Waals surface area contributed by atoms with E-state index in [9.17, 15) is 0 Å². The molecule has 0 spiro atoms. The van der Waals surface area contributed by atoms with Gasteiger partial charge in [-0.05, 0) is 60.4 Å². The van der Waals surface area contributed by atoms with Crippen LogP contribution < -0.4 is 14.8 Å². The number of hydrogen-bond acceptors (Lipinski definition) is 3. The molecule has 3 nitrogen and oxygen atoms in total. The highest BCUT2D eigenvalue weighted by molar-refractivity contribution is 9.10. The van der Waals surface area contributed by atoms with Gasteiger partial charge in [-0.3, -0.25) is 0 Å². The molecule has 1 aliphatic rings. The highest BCUT2D eigenvalue weighted by Crippen LogP contribution is 2.40. The van der Waals surface area contributed by atoms with Crippen molar-refractivity contribution in [3.05, 3.63) is 27.7 Å². The van der Waals surface area contributed by atoms with Gasteiger partial charge in [0.05, 0.1) is 4.47 Å². The smallest absolute Gasteiger partial charge is 0.231 e. The van der Waals surface area contributed by atoms with E-state index in [-0.39, 0.29) is 0 Å². The van der Waals surface area contributed by atoms with Gasteiger partial charge >= 0.3 is 0 Å². The highest BCUT2D eigenvalue weighted by Gasteiger charge is 2.17. The van der Waals surface area contributed by atoms with Crippen LogP contribution in [0.4, 0.5) is 0 Å². The van der Waals surface area contributed by atoms with Crippen molar-refractivity contribution in [1.82, 2.24) is 5.32 Å². The van der Waals surface area contributed by atoms with Gasteiger partial charge in [-0.25, -0.2) is 0 Å². The fourth-order valence-electron chi connectivity index (χ4n) is 1.98. The Balaban J connectivity index is 2.16. The van der Waals surface area contributed by atoms with Gasteiger partial charge in [0.15, 0.2) is 11.5 Å². The van der Waals surface area contributed by atoms with E-state index in [4.69, 9.17) is 9.47 Å². The van der Waals surface area contributed by atoms with E-state index in [1.54, 1.807) is 0 Å². The Morgan fingerprint density at radius 2 is 2.26 bits per heavy atom. The summed E-state index contributed by atoms with van der Waals surface area (Å²) in [4.78, 5) is 0. The van der Waals surface area contributed by atoms with Crippen molar-refractivity contribution in [2.45, 2.75) is 33.2 Å². The molecular weight excluding hydrogens is 306 g/mol. The van der Waals surface area contributed by atoms with E-state index < -0.39 is 0 Å². The van der Waals surface area contributed by atoms with Gasteiger partial charge in [0.1, 0.15) is 0 Å². The Bertz CT molecular complexity index is 485.